The van der Waals surface area contributed by atoms with Crippen LogP contribution in [0.25, 0.3) is 0 Å². The van der Waals surface area contributed by atoms with Gasteiger partial charge in [0.1, 0.15) is 0 Å². The second-order valence-electron chi connectivity index (χ2n) is 3.93. The molecule has 14 heavy (non-hydrogen) atoms. The van der Waals surface area contributed by atoms with E-state index < -0.39 is 18.2 Å². The standard InChI is InChI=1S/C9H15NO4/c1-5(2)4-10-6(3)7(8(11)12)14-9(10)13/h5-7H,4H2,1-3H3,(H,11,12). The van der Waals surface area contributed by atoms with Crippen molar-refractivity contribution in [3.05, 3.63) is 0 Å². The molecule has 0 aliphatic carbocycles. The molecule has 1 rings (SSSR count). The summed E-state index contributed by atoms with van der Waals surface area (Å²) in [4.78, 5) is 23.4. The third-order valence-corrected chi connectivity index (χ3v) is 2.20. The van der Waals surface area contributed by atoms with Crippen molar-refractivity contribution in [2.45, 2.75) is 32.9 Å². The van der Waals surface area contributed by atoms with Gasteiger partial charge in [-0.05, 0) is 12.8 Å². The number of hydrogen-bond acceptors (Lipinski definition) is 3. The van der Waals surface area contributed by atoms with Gasteiger partial charge in [0.2, 0.25) is 6.10 Å². The first kappa shape index (κ1) is 10.8. The number of carbonyl (C=O) groups excluding carboxylic acids is 1. The van der Waals surface area contributed by atoms with E-state index in [4.69, 9.17) is 9.84 Å². The van der Waals surface area contributed by atoms with Gasteiger partial charge < -0.3 is 14.7 Å². The molecule has 1 fully saturated rings. The lowest BCUT2D eigenvalue weighted by molar-refractivity contribution is -0.145. The molecule has 1 heterocycles. The summed E-state index contributed by atoms with van der Waals surface area (Å²) in [6.07, 6.45) is -1.56. The Hall–Kier alpha value is -1.26. The maximum atomic E-state index is 11.3. The van der Waals surface area contributed by atoms with Gasteiger partial charge in [-0.3, -0.25) is 0 Å². The average Bonchev–Trinajstić information content (AvgIpc) is 2.31. The topological polar surface area (TPSA) is 66.8 Å². The van der Waals surface area contributed by atoms with E-state index in [0.717, 1.165) is 0 Å². The predicted octanol–water partition coefficient (Wildman–Crippen LogP) is 0.936. The van der Waals surface area contributed by atoms with Crippen LogP contribution in [0.15, 0.2) is 0 Å². The lowest BCUT2D eigenvalue weighted by Crippen LogP contribution is -2.39. The molecule has 0 bridgehead atoms. The summed E-state index contributed by atoms with van der Waals surface area (Å²) in [5, 5.41) is 8.75. The third-order valence-electron chi connectivity index (χ3n) is 2.20. The molecule has 2 unspecified atom stereocenters. The first-order valence-corrected chi connectivity index (χ1v) is 4.63. The molecule has 0 aromatic rings. The van der Waals surface area contributed by atoms with Crippen molar-refractivity contribution in [2.75, 3.05) is 6.54 Å². The van der Waals surface area contributed by atoms with Crippen LogP contribution in [-0.4, -0.2) is 40.8 Å². The minimum Gasteiger partial charge on any atom is -0.478 e. The molecule has 0 aromatic heterocycles. The maximum Gasteiger partial charge on any atom is 0.411 e. The number of hydrogen-bond donors (Lipinski definition) is 1. The van der Waals surface area contributed by atoms with E-state index in [-0.39, 0.29) is 6.04 Å². The van der Waals surface area contributed by atoms with Crippen LogP contribution in [0.3, 0.4) is 0 Å². The molecule has 5 nitrogen and oxygen atoms in total. The highest BCUT2D eigenvalue weighted by Gasteiger charge is 2.43. The van der Waals surface area contributed by atoms with Gasteiger partial charge in [0, 0.05) is 6.54 Å². The average molecular weight is 201 g/mol. The van der Waals surface area contributed by atoms with Crippen LogP contribution >= 0.6 is 0 Å². The molecule has 5 heteroatoms. The largest absolute Gasteiger partial charge is 0.478 e. The fourth-order valence-electron chi connectivity index (χ4n) is 1.50. The predicted molar refractivity (Wildman–Crippen MR) is 48.9 cm³/mol. The van der Waals surface area contributed by atoms with Gasteiger partial charge in [-0.15, -0.1) is 0 Å². The lowest BCUT2D eigenvalue weighted by Gasteiger charge is -2.20. The van der Waals surface area contributed by atoms with Crippen molar-refractivity contribution >= 4 is 12.1 Å². The summed E-state index contributed by atoms with van der Waals surface area (Å²) in [6, 6.07) is -0.387. The zero-order valence-electron chi connectivity index (χ0n) is 8.56. The smallest absolute Gasteiger partial charge is 0.411 e. The Bertz CT molecular complexity index is 251. The summed E-state index contributed by atoms with van der Waals surface area (Å²) >= 11 is 0. The van der Waals surface area contributed by atoms with Gasteiger partial charge in [-0.1, -0.05) is 13.8 Å². The molecule has 0 saturated carbocycles. The number of nitrogens with zero attached hydrogens (tertiary/aromatic N) is 1. The zero-order valence-corrected chi connectivity index (χ0v) is 8.56. The molecular weight excluding hydrogens is 186 g/mol. The van der Waals surface area contributed by atoms with E-state index in [2.05, 4.69) is 0 Å². The molecule has 1 aliphatic heterocycles. The summed E-state index contributed by atoms with van der Waals surface area (Å²) < 4.78 is 4.74. The summed E-state index contributed by atoms with van der Waals surface area (Å²) in [7, 11) is 0. The first-order valence-electron chi connectivity index (χ1n) is 4.63. The fourth-order valence-corrected chi connectivity index (χ4v) is 1.50. The van der Waals surface area contributed by atoms with Crippen LogP contribution in [0, 0.1) is 5.92 Å². The van der Waals surface area contributed by atoms with Gasteiger partial charge in [0.15, 0.2) is 0 Å². The van der Waals surface area contributed by atoms with Crippen molar-refractivity contribution < 1.29 is 19.4 Å². The Morgan fingerprint density at radius 1 is 1.64 bits per heavy atom. The van der Waals surface area contributed by atoms with E-state index in [1.807, 2.05) is 13.8 Å². The number of amides is 1. The summed E-state index contributed by atoms with van der Waals surface area (Å²) in [6.45, 7) is 6.15. The Balaban J connectivity index is 2.70. The number of carboxylic acid groups (broad SMARTS) is 1. The SMILES string of the molecule is CC(C)CN1C(=O)OC(C(=O)O)C1C. The molecule has 2 atom stereocenters. The highest BCUT2D eigenvalue weighted by molar-refractivity contribution is 5.82. The van der Waals surface area contributed by atoms with E-state index >= 15 is 0 Å². The molecule has 1 N–H and O–H groups in total. The van der Waals surface area contributed by atoms with Crippen LogP contribution in [-0.2, 0) is 9.53 Å². The van der Waals surface area contributed by atoms with Gasteiger partial charge in [0.25, 0.3) is 0 Å². The van der Waals surface area contributed by atoms with E-state index in [1.54, 1.807) is 6.92 Å². The highest BCUT2D eigenvalue weighted by atomic mass is 16.6. The van der Waals surface area contributed by atoms with Crippen LogP contribution in [0.2, 0.25) is 0 Å². The number of rotatable bonds is 3. The van der Waals surface area contributed by atoms with E-state index in [9.17, 15) is 9.59 Å². The highest BCUT2D eigenvalue weighted by Crippen LogP contribution is 2.20. The normalized spacial score (nSPS) is 26.9. The van der Waals surface area contributed by atoms with Crippen LogP contribution in [0.1, 0.15) is 20.8 Å². The van der Waals surface area contributed by atoms with Gasteiger partial charge >= 0.3 is 12.1 Å². The Morgan fingerprint density at radius 3 is 2.57 bits per heavy atom. The Morgan fingerprint density at radius 2 is 2.21 bits per heavy atom. The third kappa shape index (κ3) is 1.97. The van der Waals surface area contributed by atoms with Crippen LogP contribution < -0.4 is 0 Å². The minimum atomic E-state index is -1.09. The second-order valence-corrected chi connectivity index (χ2v) is 3.93. The molecule has 1 amide bonds. The molecule has 1 saturated heterocycles. The number of carbonyl (C=O) groups is 2. The van der Waals surface area contributed by atoms with Crippen molar-refractivity contribution in [1.82, 2.24) is 4.90 Å². The lowest BCUT2D eigenvalue weighted by atomic mass is 10.1. The maximum absolute atomic E-state index is 11.3. The number of carboxylic acids is 1. The molecule has 0 aromatic carbocycles. The summed E-state index contributed by atoms with van der Waals surface area (Å²) in [5.74, 6) is -0.783. The van der Waals surface area contributed by atoms with Gasteiger partial charge in [0.05, 0.1) is 6.04 Å². The summed E-state index contributed by atoms with van der Waals surface area (Å²) in [5.41, 5.74) is 0. The zero-order chi connectivity index (χ0) is 10.9. The number of ether oxygens (including phenoxy) is 1. The van der Waals surface area contributed by atoms with E-state index in [1.165, 1.54) is 4.90 Å². The molecule has 0 radical (unpaired) electrons. The fraction of sp³-hybridized carbons (Fsp3) is 0.778. The molecule has 80 valence electrons. The minimum absolute atomic E-state index is 0.303. The van der Waals surface area contributed by atoms with Crippen molar-refractivity contribution in [2.24, 2.45) is 5.92 Å². The molecular formula is C9H15NO4. The second kappa shape index (κ2) is 3.86. The number of cyclic esters (lactones) is 1. The van der Waals surface area contributed by atoms with Gasteiger partial charge in [-0.2, -0.15) is 0 Å². The van der Waals surface area contributed by atoms with Crippen LogP contribution in [0.5, 0.6) is 0 Å². The van der Waals surface area contributed by atoms with Crippen LogP contribution in [0.4, 0.5) is 4.79 Å². The van der Waals surface area contributed by atoms with Crippen molar-refractivity contribution in [1.29, 1.82) is 0 Å². The molecule has 0 spiro atoms. The molecule has 1 aliphatic rings. The van der Waals surface area contributed by atoms with Gasteiger partial charge in [-0.25, -0.2) is 9.59 Å². The van der Waals surface area contributed by atoms with Crippen molar-refractivity contribution in [3.8, 4) is 0 Å². The monoisotopic (exact) mass is 201 g/mol. The quantitative estimate of drug-likeness (QED) is 0.737. The Labute approximate surface area is 82.6 Å². The van der Waals surface area contributed by atoms with E-state index in [0.29, 0.717) is 12.5 Å². The Kier molecular flexibility index (Phi) is 2.98. The number of aliphatic carboxylic acids is 1. The van der Waals surface area contributed by atoms with Crippen molar-refractivity contribution in [3.63, 3.8) is 0 Å². The first-order chi connectivity index (χ1) is 6.43.